The minimum atomic E-state index is -3.77. The van der Waals surface area contributed by atoms with E-state index in [9.17, 15) is 13.2 Å². The number of aliphatic carboxylic acids is 1. The molecule has 0 radical (unpaired) electrons. The Kier molecular flexibility index (Phi) is 5.05. The molecule has 1 aliphatic rings. The van der Waals surface area contributed by atoms with Gasteiger partial charge in [-0.1, -0.05) is 13.8 Å². The maximum absolute atomic E-state index is 12.2. The summed E-state index contributed by atoms with van der Waals surface area (Å²) < 4.78 is 28.0. The van der Waals surface area contributed by atoms with E-state index in [0.717, 1.165) is 4.31 Å². The SMILES string of the molecule is CC(C)NS(=O)(=O)N1C(C(=O)O)CSC1C(C)C. The Morgan fingerprint density at radius 2 is 1.94 bits per heavy atom. The Labute approximate surface area is 112 Å². The highest BCUT2D eigenvalue weighted by molar-refractivity contribution is 8.01. The Morgan fingerprint density at radius 1 is 1.39 bits per heavy atom. The van der Waals surface area contributed by atoms with Crippen molar-refractivity contribution in [1.82, 2.24) is 9.03 Å². The quantitative estimate of drug-likeness (QED) is 0.780. The van der Waals surface area contributed by atoms with E-state index in [-0.39, 0.29) is 23.1 Å². The minimum Gasteiger partial charge on any atom is -0.480 e. The molecule has 0 bridgehead atoms. The van der Waals surface area contributed by atoms with Gasteiger partial charge in [-0.05, 0) is 19.8 Å². The fourth-order valence-electron chi connectivity index (χ4n) is 1.84. The zero-order chi connectivity index (χ0) is 14.1. The lowest BCUT2D eigenvalue weighted by Gasteiger charge is -2.29. The van der Waals surface area contributed by atoms with Crippen molar-refractivity contribution in [3.63, 3.8) is 0 Å². The normalized spacial score (nSPS) is 26.1. The van der Waals surface area contributed by atoms with Crippen LogP contribution in [-0.4, -0.2) is 47.0 Å². The van der Waals surface area contributed by atoms with Crippen molar-refractivity contribution in [2.24, 2.45) is 5.92 Å². The molecule has 0 spiro atoms. The maximum atomic E-state index is 12.2. The first-order valence-corrected chi connectivity index (χ1v) is 8.31. The second kappa shape index (κ2) is 5.77. The summed E-state index contributed by atoms with van der Waals surface area (Å²) in [6.07, 6.45) is 0. The van der Waals surface area contributed by atoms with Crippen molar-refractivity contribution in [3.05, 3.63) is 0 Å². The van der Waals surface area contributed by atoms with Gasteiger partial charge < -0.3 is 5.11 Å². The van der Waals surface area contributed by atoms with E-state index >= 15 is 0 Å². The third kappa shape index (κ3) is 3.37. The summed E-state index contributed by atoms with van der Waals surface area (Å²) in [4.78, 5) is 11.2. The molecule has 0 aliphatic carbocycles. The summed E-state index contributed by atoms with van der Waals surface area (Å²) in [5.74, 6) is -0.750. The second-order valence-electron chi connectivity index (χ2n) is 4.93. The number of carboxylic acids is 1. The van der Waals surface area contributed by atoms with Crippen molar-refractivity contribution in [1.29, 1.82) is 0 Å². The monoisotopic (exact) mass is 296 g/mol. The van der Waals surface area contributed by atoms with Gasteiger partial charge in [-0.25, -0.2) is 0 Å². The summed E-state index contributed by atoms with van der Waals surface area (Å²) in [5.41, 5.74) is 0. The number of thioether (sulfide) groups is 1. The Hall–Kier alpha value is -0.310. The lowest BCUT2D eigenvalue weighted by atomic mass is 10.2. The minimum absolute atomic E-state index is 0.0584. The molecule has 18 heavy (non-hydrogen) atoms. The Balaban J connectivity index is 3.07. The van der Waals surface area contributed by atoms with Crippen LogP contribution in [-0.2, 0) is 15.0 Å². The van der Waals surface area contributed by atoms with Crippen LogP contribution in [0.2, 0.25) is 0 Å². The number of rotatable bonds is 5. The molecule has 1 heterocycles. The highest BCUT2D eigenvalue weighted by Crippen LogP contribution is 2.35. The van der Waals surface area contributed by atoms with E-state index in [1.165, 1.54) is 11.8 Å². The van der Waals surface area contributed by atoms with E-state index in [1.807, 2.05) is 13.8 Å². The zero-order valence-corrected chi connectivity index (χ0v) is 12.6. The fourth-order valence-corrected chi connectivity index (χ4v) is 5.56. The summed E-state index contributed by atoms with van der Waals surface area (Å²) in [7, 11) is -3.77. The van der Waals surface area contributed by atoms with Crippen molar-refractivity contribution < 1.29 is 18.3 Å². The largest absolute Gasteiger partial charge is 0.480 e. The van der Waals surface area contributed by atoms with Crippen LogP contribution in [0.15, 0.2) is 0 Å². The van der Waals surface area contributed by atoms with Gasteiger partial charge in [-0.2, -0.15) is 17.4 Å². The predicted octanol–water partition coefficient (Wildman–Crippen LogP) is 0.713. The van der Waals surface area contributed by atoms with Gasteiger partial charge in [0.05, 0.1) is 5.37 Å². The van der Waals surface area contributed by atoms with Gasteiger partial charge in [-0.3, -0.25) is 4.79 Å². The fraction of sp³-hybridized carbons (Fsp3) is 0.900. The molecule has 1 saturated heterocycles. The van der Waals surface area contributed by atoms with Crippen molar-refractivity contribution in [2.75, 3.05) is 5.75 Å². The second-order valence-corrected chi connectivity index (χ2v) is 7.69. The van der Waals surface area contributed by atoms with Gasteiger partial charge in [0.25, 0.3) is 10.2 Å². The molecule has 8 heteroatoms. The zero-order valence-electron chi connectivity index (χ0n) is 11.0. The molecule has 2 N–H and O–H groups in total. The molecule has 2 unspecified atom stereocenters. The third-order valence-corrected chi connectivity index (χ3v) is 6.06. The van der Waals surface area contributed by atoms with Gasteiger partial charge in [-0.15, -0.1) is 11.8 Å². The average Bonchev–Trinajstić information content (AvgIpc) is 2.59. The van der Waals surface area contributed by atoms with Crippen LogP contribution < -0.4 is 4.72 Å². The first kappa shape index (κ1) is 15.7. The van der Waals surface area contributed by atoms with E-state index in [0.29, 0.717) is 0 Å². The number of carbonyl (C=O) groups is 1. The van der Waals surface area contributed by atoms with E-state index < -0.39 is 22.2 Å². The molecule has 6 nitrogen and oxygen atoms in total. The predicted molar refractivity (Wildman–Crippen MR) is 71.5 cm³/mol. The first-order chi connectivity index (χ1) is 8.16. The molecule has 0 amide bonds. The van der Waals surface area contributed by atoms with Crippen LogP contribution in [0.3, 0.4) is 0 Å². The maximum Gasteiger partial charge on any atom is 0.322 e. The van der Waals surface area contributed by atoms with E-state index in [4.69, 9.17) is 5.11 Å². The van der Waals surface area contributed by atoms with Crippen LogP contribution >= 0.6 is 11.8 Å². The molecular weight excluding hydrogens is 276 g/mol. The van der Waals surface area contributed by atoms with E-state index in [2.05, 4.69) is 4.72 Å². The van der Waals surface area contributed by atoms with Crippen LogP contribution in [0.5, 0.6) is 0 Å². The van der Waals surface area contributed by atoms with Gasteiger partial charge in [0.1, 0.15) is 6.04 Å². The molecule has 1 rings (SSSR count). The number of hydrogen-bond acceptors (Lipinski definition) is 4. The molecule has 0 aromatic carbocycles. The Bertz CT molecular complexity index is 408. The van der Waals surface area contributed by atoms with Crippen LogP contribution in [0.1, 0.15) is 27.7 Å². The summed E-state index contributed by atoms with van der Waals surface area (Å²) in [6, 6.07) is -1.25. The van der Waals surface area contributed by atoms with Gasteiger partial charge in [0, 0.05) is 11.8 Å². The smallest absolute Gasteiger partial charge is 0.322 e. The van der Waals surface area contributed by atoms with Crippen LogP contribution in [0.4, 0.5) is 0 Å². The number of nitrogens with one attached hydrogen (secondary N) is 1. The first-order valence-electron chi connectivity index (χ1n) is 5.82. The summed E-state index contributed by atoms with van der Waals surface area (Å²) in [5, 5.41) is 8.80. The van der Waals surface area contributed by atoms with Crippen LogP contribution in [0.25, 0.3) is 0 Å². The number of hydrogen-bond donors (Lipinski definition) is 2. The number of carboxylic acid groups (broad SMARTS) is 1. The van der Waals surface area contributed by atoms with Crippen molar-refractivity contribution in [2.45, 2.75) is 45.2 Å². The van der Waals surface area contributed by atoms with Gasteiger partial charge in [0.2, 0.25) is 0 Å². The lowest BCUT2D eigenvalue weighted by molar-refractivity contribution is -0.140. The lowest BCUT2D eigenvalue weighted by Crippen LogP contribution is -2.52. The highest BCUT2D eigenvalue weighted by atomic mass is 32.2. The molecule has 0 aromatic rings. The molecule has 0 saturated carbocycles. The highest BCUT2D eigenvalue weighted by Gasteiger charge is 2.46. The molecule has 106 valence electrons. The third-order valence-electron chi connectivity index (χ3n) is 2.50. The summed E-state index contributed by atoms with van der Waals surface area (Å²) >= 11 is 1.37. The molecule has 2 atom stereocenters. The standard InChI is InChI=1S/C10H20N2O4S2/c1-6(2)9-12(8(5-17-9)10(13)14)18(15,16)11-7(3)4/h6-9,11H,5H2,1-4H3,(H,13,14). The molecule has 0 aromatic heterocycles. The molecule has 1 aliphatic heterocycles. The van der Waals surface area contributed by atoms with E-state index in [1.54, 1.807) is 13.8 Å². The molecule has 1 fully saturated rings. The molecular formula is C10H20N2O4S2. The average molecular weight is 296 g/mol. The topological polar surface area (TPSA) is 86.7 Å². The van der Waals surface area contributed by atoms with Crippen molar-refractivity contribution >= 4 is 27.9 Å². The van der Waals surface area contributed by atoms with Gasteiger partial charge >= 0.3 is 5.97 Å². The summed E-state index contributed by atoms with van der Waals surface area (Å²) in [6.45, 7) is 7.20. The van der Waals surface area contributed by atoms with Gasteiger partial charge in [0.15, 0.2) is 0 Å². The van der Waals surface area contributed by atoms with Crippen molar-refractivity contribution in [3.8, 4) is 0 Å². The van der Waals surface area contributed by atoms with Crippen LogP contribution in [0, 0.1) is 5.92 Å². The Morgan fingerprint density at radius 3 is 2.33 bits per heavy atom. The number of nitrogens with zero attached hydrogens (tertiary/aromatic N) is 1.